The van der Waals surface area contributed by atoms with E-state index in [2.05, 4.69) is 15.5 Å². The van der Waals surface area contributed by atoms with Crippen LogP contribution < -0.4 is 5.32 Å². The molecule has 0 unspecified atom stereocenters. The highest BCUT2D eigenvalue weighted by atomic mass is 32.2. The second-order valence-corrected chi connectivity index (χ2v) is 6.37. The molecule has 0 saturated carbocycles. The van der Waals surface area contributed by atoms with E-state index in [1.54, 1.807) is 0 Å². The number of aryl methyl sites for hydroxylation is 1. The lowest BCUT2D eigenvalue weighted by Crippen LogP contribution is -2.14. The molecule has 0 aliphatic heterocycles. The molecule has 0 saturated heterocycles. The van der Waals surface area contributed by atoms with E-state index >= 15 is 0 Å². The van der Waals surface area contributed by atoms with Crippen LogP contribution >= 0.6 is 23.1 Å². The third kappa shape index (κ3) is 4.17. The maximum absolute atomic E-state index is 11.7. The van der Waals surface area contributed by atoms with Crippen molar-refractivity contribution in [3.8, 4) is 5.75 Å². The average molecular weight is 325 g/mol. The molecule has 110 valence electrons. The van der Waals surface area contributed by atoms with Gasteiger partial charge in [0.05, 0.1) is 5.75 Å². The van der Waals surface area contributed by atoms with Gasteiger partial charge in [-0.3, -0.25) is 4.79 Å². The number of nitrogens with one attached hydrogen (secondary N) is 1. The fraction of sp³-hybridized carbons (Fsp3) is 0.167. The number of benzene rings is 1. The molecule has 1 aromatic heterocycles. The fourth-order valence-electron chi connectivity index (χ4n) is 1.45. The fourth-order valence-corrected chi connectivity index (χ4v) is 3.07. The molecule has 2 aromatic rings. The highest BCUT2D eigenvalue weighted by Gasteiger charge is 2.11. The number of aromatic carboxylic acids is 1. The summed E-state index contributed by atoms with van der Waals surface area (Å²) in [5.41, 5.74) is 0.114. The summed E-state index contributed by atoms with van der Waals surface area (Å²) < 4.78 is 0.701. The van der Waals surface area contributed by atoms with Crippen LogP contribution in [0.1, 0.15) is 15.4 Å². The Morgan fingerprint density at radius 2 is 2.14 bits per heavy atom. The molecule has 1 aromatic carbocycles. The third-order valence-corrected chi connectivity index (χ3v) is 4.32. The lowest BCUT2D eigenvalue weighted by atomic mass is 10.2. The van der Waals surface area contributed by atoms with Gasteiger partial charge in [0, 0.05) is 11.8 Å². The van der Waals surface area contributed by atoms with Crippen LogP contribution in [-0.2, 0) is 4.79 Å². The van der Waals surface area contributed by atoms with Crippen molar-refractivity contribution in [2.24, 2.45) is 0 Å². The Morgan fingerprint density at radius 1 is 1.38 bits per heavy atom. The van der Waals surface area contributed by atoms with E-state index in [1.807, 2.05) is 6.92 Å². The van der Waals surface area contributed by atoms with Gasteiger partial charge in [0.2, 0.25) is 5.91 Å². The monoisotopic (exact) mass is 325 g/mol. The molecule has 0 bridgehead atoms. The second-order valence-electron chi connectivity index (χ2n) is 3.96. The number of nitrogens with zero attached hydrogens (tertiary/aromatic N) is 2. The van der Waals surface area contributed by atoms with Crippen LogP contribution in [0, 0.1) is 6.92 Å². The summed E-state index contributed by atoms with van der Waals surface area (Å²) in [5, 5.41) is 29.4. The number of phenols is 1. The number of rotatable bonds is 5. The molecule has 1 amide bonds. The number of aromatic hydroxyl groups is 1. The quantitative estimate of drug-likeness (QED) is 0.720. The summed E-state index contributed by atoms with van der Waals surface area (Å²) in [4.78, 5) is 22.5. The Labute approximate surface area is 128 Å². The summed E-state index contributed by atoms with van der Waals surface area (Å²) in [6.45, 7) is 1.83. The predicted octanol–water partition coefficient (Wildman–Crippen LogP) is 1.98. The van der Waals surface area contributed by atoms with E-state index in [-0.39, 0.29) is 17.2 Å². The van der Waals surface area contributed by atoms with Crippen molar-refractivity contribution >= 4 is 40.7 Å². The SMILES string of the molecule is Cc1nnc(SCC(=O)Nc2ccc(C(=O)O)c(O)c2)s1. The van der Waals surface area contributed by atoms with Crippen LogP contribution in [-0.4, -0.2) is 38.0 Å². The van der Waals surface area contributed by atoms with Gasteiger partial charge in [-0.05, 0) is 19.1 Å². The van der Waals surface area contributed by atoms with Crippen molar-refractivity contribution in [1.82, 2.24) is 10.2 Å². The molecule has 0 fully saturated rings. The number of carbonyl (C=O) groups is 2. The van der Waals surface area contributed by atoms with Crippen molar-refractivity contribution in [2.45, 2.75) is 11.3 Å². The zero-order valence-corrected chi connectivity index (χ0v) is 12.5. The molecule has 0 aliphatic rings. The van der Waals surface area contributed by atoms with Crippen LogP contribution in [0.15, 0.2) is 22.5 Å². The lowest BCUT2D eigenvalue weighted by Gasteiger charge is -2.06. The van der Waals surface area contributed by atoms with Crippen LogP contribution in [0.5, 0.6) is 5.75 Å². The van der Waals surface area contributed by atoms with Crippen LogP contribution in [0.25, 0.3) is 0 Å². The maximum atomic E-state index is 11.7. The molecule has 9 heteroatoms. The largest absolute Gasteiger partial charge is 0.507 e. The Balaban J connectivity index is 1.93. The van der Waals surface area contributed by atoms with E-state index in [1.165, 1.54) is 41.3 Å². The van der Waals surface area contributed by atoms with Crippen LogP contribution in [0.2, 0.25) is 0 Å². The minimum absolute atomic E-state index is 0.149. The standard InChI is InChI=1S/C12H11N3O4S2/c1-6-14-15-12(21-6)20-5-10(17)13-7-2-3-8(11(18)19)9(16)4-7/h2-4,16H,5H2,1H3,(H,13,17)(H,18,19). The first-order valence-electron chi connectivity index (χ1n) is 5.75. The van der Waals surface area contributed by atoms with E-state index < -0.39 is 11.7 Å². The second kappa shape index (κ2) is 6.55. The first-order chi connectivity index (χ1) is 9.95. The Bertz CT molecular complexity index is 687. The summed E-state index contributed by atoms with van der Waals surface area (Å²) in [6, 6.07) is 3.84. The number of hydrogen-bond donors (Lipinski definition) is 3. The van der Waals surface area contributed by atoms with E-state index in [9.17, 15) is 14.7 Å². The normalized spacial score (nSPS) is 10.3. The van der Waals surface area contributed by atoms with Crippen molar-refractivity contribution in [3.05, 3.63) is 28.8 Å². The summed E-state index contributed by atoms with van der Waals surface area (Å²) >= 11 is 2.66. The van der Waals surface area contributed by atoms with Crippen molar-refractivity contribution in [2.75, 3.05) is 11.1 Å². The van der Waals surface area contributed by atoms with Crippen molar-refractivity contribution in [3.63, 3.8) is 0 Å². The molecule has 0 aliphatic carbocycles. The van der Waals surface area contributed by atoms with Gasteiger partial charge in [0.15, 0.2) is 4.34 Å². The first kappa shape index (κ1) is 15.3. The molecular formula is C12H11N3O4S2. The van der Waals surface area contributed by atoms with Gasteiger partial charge in [0.25, 0.3) is 0 Å². The number of aromatic nitrogens is 2. The number of anilines is 1. The zero-order valence-electron chi connectivity index (χ0n) is 10.9. The molecule has 3 N–H and O–H groups in total. The molecular weight excluding hydrogens is 314 g/mol. The molecule has 0 spiro atoms. The number of carboxylic acid groups (broad SMARTS) is 1. The molecule has 1 heterocycles. The lowest BCUT2D eigenvalue weighted by molar-refractivity contribution is -0.113. The van der Waals surface area contributed by atoms with Crippen molar-refractivity contribution in [1.29, 1.82) is 0 Å². The topological polar surface area (TPSA) is 112 Å². The molecule has 21 heavy (non-hydrogen) atoms. The van der Waals surface area contributed by atoms with Gasteiger partial charge in [0.1, 0.15) is 16.3 Å². The number of carbonyl (C=O) groups excluding carboxylic acids is 1. The highest BCUT2D eigenvalue weighted by Crippen LogP contribution is 2.24. The molecule has 0 atom stereocenters. The minimum atomic E-state index is -1.23. The Kier molecular flexibility index (Phi) is 4.76. The predicted molar refractivity (Wildman–Crippen MR) is 79.1 cm³/mol. The molecule has 0 radical (unpaired) electrons. The summed E-state index contributed by atoms with van der Waals surface area (Å²) in [6.07, 6.45) is 0. The van der Waals surface area contributed by atoms with Gasteiger partial charge in [-0.15, -0.1) is 10.2 Å². The maximum Gasteiger partial charge on any atom is 0.339 e. The van der Waals surface area contributed by atoms with E-state index in [0.717, 1.165) is 5.01 Å². The number of hydrogen-bond acceptors (Lipinski definition) is 7. The minimum Gasteiger partial charge on any atom is -0.507 e. The number of amides is 1. The van der Waals surface area contributed by atoms with Gasteiger partial charge in [-0.25, -0.2) is 4.79 Å². The molecule has 2 rings (SSSR count). The van der Waals surface area contributed by atoms with E-state index in [0.29, 0.717) is 10.0 Å². The average Bonchev–Trinajstić information content (AvgIpc) is 2.82. The van der Waals surface area contributed by atoms with Gasteiger partial charge >= 0.3 is 5.97 Å². The summed E-state index contributed by atoms with van der Waals surface area (Å²) in [7, 11) is 0. The number of thioether (sulfide) groups is 1. The van der Waals surface area contributed by atoms with E-state index in [4.69, 9.17) is 5.11 Å². The van der Waals surface area contributed by atoms with Crippen LogP contribution in [0.4, 0.5) is 5.69 Å². The highest BCUT2D eigenvalue weighted by molar-refractivity contribution is 8.01. The summed E-state index contributed by atoms with van der Waals surface area (Å²) in [5.74, 6) is -1.76. The Morgan fingerprint density at radius 3 is 2.71 bits per heavy atom. The molecule has 7 nitrogen and oxygen atoms in total. The Hall–Kier alpha value is -2.13. The van der Waals surface area contributed by atoms with Gasteiger partial charge in [-0.2, -0.15) is 0 Å². The van der Waals surface area contributed by atoms with Crippen LogP contribution in [0.3, 0.4) is 0 Å². The van der Waals surface area contributed by atoms with Gasteiger partial charge in [-0.1, -0.05) is 23.1 Å². The first-order valence-corrected chi connectivity index (χ1v) is 7.55. The third-order valence-electron chi connectivity index (χ3n) is 2.35. The number of carboxylic acids is 1. The van der Waals surface area contributed by atoms with Crippen molar-refractivity contribution < 1.29 is 19.8 Å². The smallest absolute Gasteiger partial charge is 0.339 e. The zero-order chi connectivity index (χ0) is 15.4. The van der Waals surface area contributed by atoms with Gasteiger partial charge < -0.3 is 15.5 Å².